The first-order chi connectivity index (χ1) is 15.0. The highest BCUT2D eigenvalue weighted by Crippen LogP contribution is 2.30. The number of benzene rings is 2. The maximum absolute atomic E-state index is 13.1. The molecule has 0 saturated carbocycles. The molecule has 0 spiro atoms. The van der Waals surface area contributed by atoms with Gasteiger partial charge in [-0.25, -0.2) is 9.59 Å². The lowest BCUT2D eigenvalue weighted by Crippen LogP contribution is -2.40. The van der Waals surface area contributed by atoms with Crippen LogP contribution in [0.4, 0.5) is 5.69 Å². The summed E-state index contributed by atoms with van der Waals surface area (Å²) in [5.74, 6) is -1.76. The molecule has 1 unspecified atom stereocenters. The van der Waals surface area contributed by atoms with Crippen molar-refractivity contribution < 1.29 is 28.6 Å². The molecule has 0 aliphatic carbocycles. The molecule has 1 heterocycles. The Balaban J connectivity index is 1.99. The maximum Gasteiger partial charge on any atom is 0.355 e. The molecule has 162 valence electrons. The normalized spacial score (nSPS) is 14.6. The molecule has 8 heteroatoms. The van der Waals surface area contributed by atoms with Crippen LogP contribution in [-0.4, -0.2) is 45.4 Å². The number of rotatable bonds is 6. The number of methoxy groups -OCH3 is 2. The molecule has 0 bridgehead atoms. The highest BCUT2D eigenvalue weighted by atomic mass is 16.5. The second-order valence-corrected chi connectivity index (χ2v) is 6.84. The van der Waals surface area contributed by atoms with Crippen molar-refractivity contribution in [3.8, 4) is 0 Å². The van der Waals surface area contributed by atoms with Crippen molar-refractivity contribution >= 4 is 23.5 Å². The Labute approximate surface area is 180 Å². The van der Waals surface area contributed by atoms with Gasteiger partial charge >= 0.3 is 11.9 Å². The minimum absolute atomic E-state index is 0.0167. The van der Waals surface area contributed by atoms with Gasteiger partial charge in [-0.1, -0.05) is 42.5 Å². The van der Waals surface area contributed by atoms with Crippen LogP contribution in [0.2, 0.25) is 0 Å². The van der Waals surface area contributed by atoms with Gasteiger partial charge in [0.2, 0.25) is 0 Å². The van der Waals surface area contributed by atoms with E-state index in [-0.39, 0.29) is 36.6 Å². The molecule has 31 heavy (non-hydrogen) atoms. The van der Waals surface area contributed by atoms with Gasteiger partial charge in [-0.15, -0.1) is 0 Å². The summed E-state index contributed by atoms with van der Waals surface area (Å²) in [4.78, 5) is 39.3. The zero-order valence-corrected chi connectivity index (χ0v) is 17.6. The largest absolute Gasteiger partial charge is 0.466 e. The Morgan fingerprint density at radius 1 is 0.968 bits per heavy atom. The van der Waals surface area contributed by atoms with Gasteiger partial charge < -0.3 is 24.4 Å². The monoisotopic (exact) mass is 424 g/mol. The zero-order valence-electron chi connectivity index (χ0n) is 17.6. The molecule has 1 N–H and O–H groups in total. The van der Waals surface area contributed by atoms with Crippen molar-refractivity contribution in [2.75, 3.05) is 32.5 Å². The molecule has 1 aliphatic heterocycles. The summed E-state index contributed by atoms with van der Waals surface area (Å²) in [5, 5.41) is 2.96. The van der Waals surface area contributed by atoms with Gasteiger partial charge in [-0.3, -0.25) is 4.79 Å². The SMILES string of the molecule is COC(=O)C1=C(C(=O)OC)N(c2ccccc2C(=O)NC(C)c2ccccc2)COC1. The lowest BCUT2D eigenvalue weighted by molar-refractivity contribution is -0.140. The van der Waals surface area contributed by atoms with E-state index in [9.17, 15) is 14.4 Å². The van der Waals surface area contributed by atoms with E-state index >= 15 is 0 Å². The molecule has 1 atom stereocenters. The molecule has 3 rings (SSSR count). The van der Waals surface area contributed by atoms with E-state index in [4.69, 9.17) is 14.2 Å². The minimum Gasteiger partial charge on any atom is -0.466 e. The number of para-hydroxylation sites is 1. The zero-order chi connectivity index (χ0) is 22.4. The van der Waals surface area contributed by atoms with Crippen LogP contribution in [0.1, 0.15) is 28.9 Å². The lowest BCUT2D eigenvalue weighted by Gasteiger charge is -2.32. The van der Waals surface area contributed by atoms with Crippen molar-refractivity contribution in [1.29, 1.82) is 0 Å². The van der Waals surface area contributed by atoms with Crippen molar-refractivity contribution in [2.24, 2.45) is 0 Å². The number of hydrogen-bond donors (Lipinski definition) is 1. The van der Waals surface area contributed by atoms with E-state index in [1.165, 1.54) is 19.1 Å². The van der Waals surface area contributed by atoms with Crippen molar-refractivity contribution in [2.45, 2.75) is 13.0 Å². The third-order valence-electron chi connectivity index (χ3n) is 4.92. The van der Waals surface area contributed by atoms with Crippen molar-refractivity contribution in [3.05, 3.63) is 77.0 Å². The quantitative estimate of drug-likeness (QED) is 0.712. The molecule has 0 saturated heterocycles. The van der Waals surface area contributed by atoms with Crippen LogP contribution in [0, 0.1) is 0 Å². The number of anilines is 1. The van der Waals surface area contributed by atoms with Gasteiger partial charge in [0.1, 0.15) is 12.4 Å². The van der Waals surface area contributed by atoms with Crippen LogP contribution in [0.3, 0.4) is 0 Å². The van der Waals surface area contributed by atoms with Gasteiger partial charge in [-0.05, 0) is 24.6 Å². The molecular weight excluding hydrogens is 400 g/mol. The van der Waals surface area contributed by atoms with Crippen molar-refractivity contribution in [1.82, 2.24) is 5.32 Å². The predicted molar refractivity (Wildman–Crippen MR) is 113 cm³/mol. The van der Waals surface area contributed by atoms with E-state index in [0.29, 0.717) is 11.3 Å². The van der Waals surface area contributed by atoms with Crippen LogP contribution in [-0.2, 0) is 23.8 Å². The Kier molecular flexibility index (Phi) is 7.04. The molecular formula is C23H24N2O6. The second kappa shape index (κ2) is 9.90. The van der Waals surface area contributed by atoms with Crippen molar-refractivity contribution in [3.63, 3.8) is 0 Å². The summed E-state index contributed by atoms with van der Waals surface area (Å²) in [6, 6.07) is 16.1. The Morgan fingerprint density at radius 2 is 1.61 bits per heavy atom. The summed E-state index contributed by atoms with van der Waals surface area (Å²) >= 11 is 0. The summed E-state index contributed by atoms with van der Waals surface area (Å²) in [5.41, 5.74) is 1.69. The van der Waals surface area contributed by atoms with Gasteiger partial charge in [0.15, 0.2) is 0 Å². The summed E-state index contributed by atoms with van der Waals surface area (Å²) < 4.78 is 15.2. The number of esters is 2. The van der Waals surface area contributed by atoms with Crippen LogP contribution < -0.4 is 10.2 Å². The second-order valence-electron chi connectivity index (χ2n) is 6.84. The van der Waals surface area contributed by atoms with E-state index in [2.05, 4.69) is 5.32 Å². The fourth-order valence-electron chi connectivity index (χ4n) is 3.33. The fraction of sp³-hybridized carbons (Fsp3) is 0.261. The van der Waals surface area contributed by atoms with Gasteiger partial charge in [0, 0.05) is 0 Å². The van der Waals surface area contributed by atoms with Gasteiger partial charge in [0.05, 0.1) is 43.7 Å². The number of carbonyl (C=O) groups is 3. The summed E-state index contributed by atoms with van der Waals surface area (Å²) in [7, 11) is 2.44. The topological polar surface area (TPSA) is 94.2 Å². The third-order valence-corrected chi connectivity index (χ3v) is 4.92. The Bertz CT molecular complexity index is 1000. The minimum atomic E-state index is -0.725. The maximum atomic E-state index is 13.1. The van der Waals surface area contributed by atoms with Gasteiger partial charge in [0.25, 0.3) is 5.91 Å². The van der Waals surface area contributed by atoms with E-state index in [0.717, 1.165) is 5.56 Å². The molecule has 2 aromatic rings. The predicted octanol–water partition coefficient (Wildman–Crippen LogP) is 2.57. The Morgan fingerprint density at radius 3 is 2.29 bits per heavy atom. The van der Waals surface area contributed by atoms with E-state index in [1.54, 1.807) is 24.3 Å². The van der Waals surface area contributed by atoms with Gasteiger partial charge in [-0.2, -0.15) is 0 Å². The first-order valence-electron chi connectivity index (χ1n) is 9.67. The standard InChI is InChI=1S/C23H24N2O6/c1-15(16-9-5-4-6-10-16)24-21(26)17-11-7-8-12-19(17)25-14-31-13-18(22(27)29-2)20(25)23(28)30-3/h4-12,15H,13-14H2,1-3H3,(H,24,26). The molecule has 8 nitrogen and oxygen atoms in total. The number of carbonyl (C=O) groups excluding carboxylic acids is 3. The Hall–Kier alpha value is -3.65. The molecule has 0 aromatic heterocycles. The number of amides is 1. The number of hydrogen-bond acceptors (Lipinski definition) is 7. The average molecular weight is 424 g/mol. The number of nitrogens with one attached hydrogen (secondary N) is 1. The smallest absolute Gasteiger partial charge is 0.355 e. The average Bonchev–Trinajstić information content (AvgIpc) is 2.83. The van der Waals surface area contributed by atoms with Crippen LogP contribution >= 0.6 is 0 Å². The lowest BCUT2D eigenvalue weighted by atomic mass is 10.1. The highest BCUT2D eigenvalue weighted by molar-refractivity contribution is 6.06. The third kappa shape index (κ3) is 4.75. The fourth-order valence-corrected chi connectivity index (χ4v) is 3.33. The number of nitrogens with zero attached hydrogens (tertiary/aromatic N) is 1. The first-order valence-corrected chi connectivity index (χ1v) is 9.67. The molecule has 0 fully saturated rings. The van der Waals surface area contributed by atoms with Crippen LogP contribution in [0.25, 0.3) is 0 Å². The highest BCUT2D eigenvalue weighted by Gasteiger charge is 2.34. The number of ether oxygens (including phenoxy) is 3. The molecule has 0 radical (unpaired) electrons. The summed E-state index contributed by atoms with van der Waals surface area (Å²) in [6.07, 6.45) is 0. The van der Waals surface area contributed by atoms with Crippen LogP contribution in [0.15, 0.2) is 65.9 Å². The molecule has 1 aliphatic rings. The van der Waals surface area contributed by atoms with E-state index in [1.807, 2.05) is 37.3 Å². The van der Waals surface area contributed by atoms with Crippen LogP contribution in [0.5, 0.6) is 0 Å². The summed E-state index contributed by atoms with van der Waals surface area (Å²) in [6.45, 7) is 1.74. The molecule has 2 aromatic carbocycles. The van der Waals surface area contributed by atoms with E-state index < -0.39 is 11.9 Å². The first kappa shape index (κ1) is 22.0. The molecule has 1 amide bonds.